The fourth-order valence-electron chi connectivity index (χ4n) is 0.964. The number of methoxy groups -OCH3 is 1. The van der Waals surface area contributed by atoms with Crippen molar-refractivity contribution in [2.45, 2.75) is 6.42 Å². The predicted molar refractivity (Wildman–Crippen MR) is 63.9 cm³/mol. The summed E-state index contributed by atoms with van der Waals surface area (Å²) in [5.41, 5.74) is 5.19. The summed E-state index contributed by atoms with van der Waals surface area (Å²) in [5, 5.41) is 2.33. The van der Waals surface area contributed by atoms with E-state index in [4.69, 9.17) is 10.5 Å². The van der Waals surface area contributed by atoms with Crippen LogP contribution in [-0.4, -0.2) is 55.6 Å². The molecule has 92 valence electrons. The molecule has 0 aliphatic heterocycles. The second-order valence-electron chi connectivity index (χ2n) is 3.22. The van der Waals surface area contributed by atoms with Crippen molar-refractivity contribution in [3.8, 4) is 0 Å². The van der Waals surface area contributed by atoms with E-state index < -0.39 is 11.8 Å². The lowest BCUT2D eigenvalue weighted by molar-refractivity contribution is -0.144. The fraction of sp³-hybridized carbons (Fsp3) is 0.667. The molecule has 0 aromatic heterocycles. The predicted octanol–water partition coefficient (Wildman–Crippen LogP) is -1.12. The summed E-state index contributed by atoms with van der Waals surface area (Å²) < 4.78 is 4.84. The van der Waals surface area contributed by atoms with Crippen LogP contribution in [0.5, 0.6) is 0 Å². The Balaban J connectivity index is 3.92. The summed E-state index contributed by atoms with van der Waals surface area (Å²) in [5.74, 6) is -1.31. The largest absolute Gasteiger partial charge is 0.392 e. The normalized spacial score (nSPS) is 9.62. The minimum Gasteiger partial charge on any atom is -0.392 e. The lowest BCUT2D eigenvalue weighted by Gasteiger charge is -2.16. The van der Waals surface area contributed by atoms with Crippen molar-refractivity contribution in [1.82, 2.24) is 10.2 Å². The van der Waals surface area contributed by atoms with Crippen LogP contribution in [0.1, 0.15) is 6.42 Å². The number of hydrogen-bond donors (Lipinski definition) is 2. The molecule has 0 radical (unpaired) electrons. The summed E-state index contributed by atoms with van der Waals surface area (Å²) in [7, 11) is 3.13. The van der Waals surface area contributed by atoms with Crippen molar-refractivity contribution >= 4 is 29.0 Å². The second kappa shape index (κ2) is 8.00. The molecule has 3 N–H and O–H groups in total. The standard InChI is InChI=1S/C9H17N3O3S/c1-12(4-3-5-15-2)9(14)8(13)11-6-7(10)16/h3-6H2,1-2H3,(H2,10,16)(H,11,13). The Morgan fingerprint density at radius 3 is 2.62 bits per heavy atom. The van der Waals surface area contributed by atoms with Gasteiger partial charge < -0.3 is 20.7 Å². The van der Waals surface area contributed by atoms with Crippen molar-refractivity contribution in [2.24, 2.45) is 5.73 Å². The monoisotopic (exact) mass is 247 g/mol. The van der Waals surface area contributed by atoms with E-state index in [1.54, 1.807) is 14.2 Å². The maximum atomic E-state index is 11.4. The second-order valence-corrected chi connectivity index (χ2v) is 3.75. The molecule has 0 aliphatic rings. The first kappa shape index (κ1) is 14.8. The van der Waals surface area contributed by atoms with Gasteiger partial charge in [0.2, 0.25) is 0 Å². The zero-order chi connectivity index (χ0) is 12.6. The van der Waals surface area contributed by atoms with Gasteiger partial charge in [-0.2, -0.15) is 0 Å². The molecule has 0 bridgehead atoms. The molecule has 0 saturated heterocycles. The van der Waals surface area contributed by atoms with E-state index in [-0.39, 0.29) is 11.5 Å². The maximum absolute atomic E-state index is 11.4. The third-order valence-corrected chi connectivity index (χ3v) is 1.95. The van der Waals surface area contributed by atoms with E-state index in [9.17, 15) is 9.59 Å². The molecule has 0 rings (SSSR count). The molecule has 0 aromatic carbocycles. The lowest BCUT2D eigenvalue weighted by atomic mass is 10.4. The van der Waals surface area contributed by atoms with Gasteiger partial charge >= 0.3 is 11.8 Å². The Labute approximate surface area is 100 Å². The van der Waals surface area contributed by atoms with E-state index in [0.717, 1.165) is 0 Å². The van der Waals surface area contributed by atoms with Crippen LogP contribution in [0, 0.1) is 0 Å². The SMILES string of the molecule is COCCCN(C)C(=O)C(=O)NCC(N)=S. The average molecular weight is 247 g/mol. The van der Waals surface area contributed by atoms with Gasteiger partial charge in [-0.15, -0.1) is 0 Å². The van der Waals surface area contributed by atoms with Gasteiger partial charge in [-0.1, -0.05) is 12.2 Å². The number of thiocarbonyl (C=S) groups is 1. The van der Waals surface area contributed by atoms with Crippen LogP contribution in [0.3, 0.4) is 0 Å². The Kier molecular flexibility index (Phi) is 7.40. The van der Waals surface area contributed by atoms with Crippen LogP contribution in [0.25, 0.3) is 0 Å². The Morgan fingerprint density at radius 1 is 1.50 bits per heavy atom. The van der Waals surface area contributed by atoms with Gasteiger partial charge in [0.1, 0.15) is 0 Å². The van der Waals surface area contributed by atoms with Crippen molar-refractivity contribution in [1.29, 1.82) is 0 Å². The third-order valence-electron chi connectivity index (χ3n) is 1.81. The number of likely N-dealkylation sites (N-methyl/N-ethyl adjacent to an activating group) is 1. The molecule has 0 aromatic rings. The fourth-order valence-corrected chi connectivity index (χ4v) is 1.04. The number of amides is 2. The first-order valence-corrected chi connectivity index (χ1v) is 5.20. The zero-order valence-electron chi connectivity index (χ0n) is 9.49. The molecule has 0 fully saturated rings. The highest BCUT2D eigenvalue weighted by molar-refractivity contribution is 7.80. The molecule has 16 heavy (non-hydrogen) atoms. The van der Waals surface area contributed by atoms with Gasteiger partial charge in [0.25, 0.3) is 0 Å². The Morgan fingerprint density at radius 2 is 2.12 bits per heavy atom. The number of nitrogens with zero attached hydrogens (tertiary/aromatic N) is 1. The molecule has 0 aliphatic carbocycles. The molecular formula is C9H17N3O3S. The molecule has 7 heteroatoms. The third kappa shape index (κ3) is 6.31. The summed E-state index contributed by atoms with van der Waals surface area (Å²) in [6.07, 6.45) is 0.682. The van der Waals surface area contributed by atoms with E-state index in [1.165, 1.54) is 4.90 Å². The van der Waals surface area contributed by atoms with Crippen LogP contribution in [0.4, 0.5) is 0 Å². The van der Waals surface area contributed by atoms with Crippen molar-refractivity contribution in [2.75, 3.05) is 33.9 Å². The van der Waals surface area contributed by atoms with E-state index in [0.29, 0.717) is 19.6 Å². The molecule has 2 amide bonds. The van der Waals surface area contributed by atoms with Crippen LogP contribution < -0.4 is 11.1 Å². The topological polar surface area (TPSA) is 84.7 Å². The van der Waals surface area contributed by atoms with Gasteiger partial charge in [-0.3, -0.25) is 9.59 Å². The van der Waals surface area contributed by atoms with E-state index >= 15 is 0 Å². The van der Waals surface area contributed by atoms with Crippen LogP contribution >= 0.6 is 12.2 Å². The number of nitrogens with one attached hydrogen (secondary N) is 1. The Hall–Kier alpha value is -1.21. The number of nitrogens with two attached hydrogens (primary N) is 1. The molecule has 0 atom stereocenters. The molecule has 0 spiro atoms. The van der Waals surface area contributed by atoms with Crippen LogP contribution in [0.15, 0.2) is 0 Å². The number of ether oxygens (including phenoxy) is 1. The molecular weight excluding hydrogens is 230 g/mol. The highest BCUT2D eigenvalue weighted by Gasteiger charge is 2.17. The zero-order valence-corrected chi connectivity index (χ0v) is 10.3. The lowest BCUT2D eigenvalue weighted by Crippen LogP contribution is -2.43. The average Bonchev–Trinajstić information content (AvgIpc) is 2.24. The summed E-state index contributed by atoms with van der Waals surface area (Å²) in [6, 6.07) is 0. The van der Waals surface area contributed by atoms with Gasteiger partial charge in [0, 0.05) is 27.3 Å². The highest BCUT2D eigenvalue weighted by Crippen LogP contribution is 1.89. The number of carbonyl (C=O) groups excluding carboxylic acids is 2. The summed E-state index contributed by atoms with van der Waals surface area (Å²) in [4.78, 5) is 24.2. The van der Waals surface area contributed by atoms with Gasteiger partial charge in [-0.05, 0) is 6.42 Å². The van der Waals surface area contributed by atoms with Gasteiger partial charge in [0.05, 0.1) is 11.5 Å². The summed E-state index contributed by atoms with van der Waals surface area (Å²) in [6.45, 7) is 1.05. The minimum atomic E-state index is -0.701. The van der Waals surface area contributed by atoms with Crippen molar-refractivity contribution in [3.05, 3.63) is 0 Å². The van der Waals surface area contributed by atoms with E-state index in [1.807, 2.05) is 0 Å². The Bertz CT molecular complexity index is 271. The summed E-state index contributed by atoms with van der Waals surface area (Å²) >= 11 is 4.57. The molecule has 6 nitrogen and oxygen atoms in total. The van der Waals surface area contributed by atoms with Crippen molar-refractivity contribution in [3.63, 3.8) is 0 Å². The van der Waals surface area contributed by atoms with Crippen molar-refractivity contribution < 1.29 is 14.3 Å². The first-order valence-electron chi connectivity index (χ1n) is 4.79. The minimum absolute atomic E-state index is 0.0335. The number of carbonyl (C=O) groups is 2. The maximum Gasteiger partial charge on any atom is 0.311 e. The van der Waals surface area contributed by atoms with Gasteiger partial charge in [-0.25, -0.2) is 0 Å². The first-order chi connectivity index (χ1) is 7.49. The quantitative estimate of drug-likeness (QED) is 0.353. The molecule has 0 saturated carbocycles. The number of hydrogen-bond acceptors (Lipinski definition) is 4. The molecule has 0 unspecified atom stereocenters. The smallest absolute Gasteiger partial charge is 0.311 e. The van der Waals surface area contributed by atoms with Crippen LogP contribution in [-0.2, 0) is 14.3 Å². The van der Waals surface area contributed by atoms with Crippen LogP contribution in [0.2, 0.25) is 0 Å². The highest BCUT2D eigenvalue weighted by atomic mass is 32.1. The van der Waals surface area contributed by atoms with Gasteiger partial charge in [0.15, 0.2) is 0 Å². The van der Waals surface area contributed by atoms with E-state index in [2.05, 4.69) is 17.5 Å². The number of rotatable bonds is 6. The molecule has 0 heterocycles.